The van der Waals surface area contributed by atoms with Crippen molar-refractivity contribution in [2.45, 2.75) is 26.5 Å². The quantitative estimate of drug-likeness (QED) is 0.884. The van der Waals surface area contributed by atoms with E-state index in [1.165, 1.54) is 18.1 Å². The highest BCUT2D eigenvalue weighted by molar-refractivity contribution is 5.80. The molecule has 0 radical (unpaired) electrons. The lowest BCUT2D eigenvalue weighted by Crippen LogP contribution is -2.50. The predicted octanol–water partition coefficient (Wildman–Crippen LogP) is 1.02. The van der Waals surface area contributed by atoms with Gasteiger partial charge in [0.2, 0.25) is 0 Å². The normalized spacial score (nSPS) is 18.4. The van der Waals surface area contributed by atoms with E-state index in [2.05, 4.69) is 36.1 Å². The SMILES string of the molecule is Cc1ccc(CN2CCN(C(=O)C(C)O)CC2)cc1. The van der Waals surface area contributed by atoms with Gasteiger partial charge in [0.25, 0.3) is 5.91 Å². The Labute approximate surface area is 114 Å². The van der Waals surface area contributed by atoms with Crippen LogP contribution in [0.4, 0.5) is 0 Å². The molecule has 1 aliphatic heterocycles. The average Bonchev–Trinajstić information content (AvgIpc) is 2.41. The van der Waals surface area contributed by atoms with Gasteiger partial charge in [-0.15, -0.1) is 0 Å². The Kier molecular flexibility index (Phi) is 4.56. The fraction of sp³-hybridized carbons (Fsp3) is 0.533. The van der Waals surface area contributed by atoms with Crippen LogP contribution in [0, 0.1) is 6.92 Å². The van der Waals surface area contributed by atoms with E-state index >= 15 is 0 Å². The van der Waals surface area contributed by atoms with Crippen molar-refractivity contribution in [3.63, 3.8) is 0 Å². The largest absolute Gasteiger partial charge is 0.384 e. The average molecular weight is 262 g/mol. The molecule has 104 valence electrons. The van der Waals surface area contributed by atoms with Crippen LogP contribution >= 0.6 is 0 Å². The maximum Gasteiger partial charge on any atom is 0.251 e. The number of aliphatic hydroxyl groups excluding tert-OH is 1. The summed E-state index contributed by atoms with van der Waals surface area (Å²) in [7, 11) is 0. The molecule has 1 aromatic rings. The minimum atomic E-state index is -0.886. The number of benzene rings is 1. The molecule has 1 saturated heterocycles. The standard InChI is InChI=1S/C15H22N2O2/c1-12-3-5-14(6-4-12)11-16-7-9-17(10-8-16)15(19)13(2)18/h3-6,13,18H,7-11H2,1-2H3. The van der Waals surface area contributed by atoms with Gasteiger partial charge in [-0.3, -0.25) is 9.69 Å². The van der Waals surface area contributed by atoms with Gasteiger partial charge in [-0.05, 0) is 19.4 Å². The second-order valence-electron chi connectivity index (χ2n) is 5.26. The van der Waals surface area contributed by atoms with Gasteiger partial charge < -0.3 is 10.0 Å². The maximum atomic E-state index is 11.7. The van der Waals surface area contributed by atoms with Gasteiger partial charge in [0.05, 0.1) is 0 Å². The summed E-state index contributed by atoms with van der Waals surface area (Å²) < 4.78 is 0. The number of carbonyl (C=O) groups is 1. The fourth-order valence-corrected chi connectivity index (χ4v) is 2.34. The van der Waals surface area contributed by atoms with Crippen LogP contribution in [0.25, 0.3) is 0 Å². The van der Waals surface area contributed by atoms with E-state index in [0.717, 1.165) is 19.6 Å². The molecular weight excluding hydrogens is 240 g/mol. The smallest absolute Gasteiger partial charge is 0.251 e. The molecule has 1 heterocycles. The van der Waals surface area contributed by atoms with Crippen LogP contribution in [0.1, 0.15) is 18.1 Å². The minimum Gasteiger partial charge on any atom is -0.384 e. The third-order valence-corrected chi connectivity index (χ3v) is 3.57. The zero-order chi connectivity index (χ0) is 13.8. The summed E-state index contributed by atoms with van der Waals surface area (Å²) in [6.45, 7) is 7.69. The Bertz CT molecular complexity index is 420. The van der Waals surface area contributed by atoms with Crippen molar-refractivity contribution in [3.8, 4) is 0 Å². The Morgan fingerprint density at radius 1 is 1.21 bits per heavy atom. The van der Waals surface area contributed by atoms with Crippen LogP contribution in [0.5, 0.6) is 0 Å². The summed E-state index contributed by atoms with van der Waals surface area (Å²) in [6, 6.07) is 8.57. The van der Waals surface area contributed by atoms with E-state index in [1.54, 1.807) is 4.90 Å². The Morgan fingerprint density at radius 2 is 1.79 bits per heavy atom. The third kappa shape index (κ3) is 3.78. The Balaban J connectivity index is 1.83. The lowest BCUT2D eigenvalue weighted by molar-refractivity contribution is -0.141. The highest BCUT2D eigenvalue weighted by atomic mass is 16.3. The molecule has 4 heteroatoms. The molecule has 19 heavy (non-hydrogen) atoms. The first-order chi connectivity index (χ1) is 9.06. The van der Waals surface area contributed by atoms with Gasteiger partial charge >= 0.3 is 0 Å². The van der Waals surface area contributed by atoms with Crippen LogP contribution in [-0.2, 0) is 11.3 Å². The summed E-state index contributed by atoms with van der Waals surface area (Å²) in [4.78, 5) is 15.7. The number of piperazine rings is 1. The van der Waals surface area contributed by atoms with Crippen LogP contribution in [0.2, 0.25) is 0 Å². The fourth-order valence-electron chi connectivity index (χ4n) is 2.34. The zero-order valence-electron chi connectivity index (χ0n) is 11.7. The van der Waals surface area contributed by atoms with Crippen molar-refractivity contribution in [2.24, 2.45) is 0 Å². The van der Waals surface area contributed by atoms with Crippen molar-refractivity contribution in [2.75, 3.05) is 26.2 Å². The van der Waals surface area contributed by atoms with Crippen molar-refractivity contribution in [1.29, 1.82) is 0 Å². The monoisotopic (exact) mass is 262 g/mol. The maximum absolute atomic E-state index is 11.7. The number of aryl methyl sites for hydroxylation is 1. The van der Waals surface area contributed by atoms with E-state index in [0.29, 0.717) is 13.1 Å². The van der Waals surface area contributed by atoms with Gasteiger partial charge in [-0.25, -0.2) is 0 Å². The summed E-state index contributed by atoms with van der Waals surface area (Å²) in [6.07, 6.45) is -0.886. The Hall–Kier alpha value is -1.39. The first kappa shape index (κ1) is 14.0. The summed E-state index contributed by atoms with van der Waals surface area (Å²) in [5.74, 6) is -0.157. The molecule has 1 fully saturated rings. The van der Waals surface area contributed by atoms with E-state index in [9.17, 15) is 9.90 Å². The lowest BCUT2D eigenvalue weighted by atomic mass is 10.1. The number of hydrogen-bond acceptors (Lipinski definition) is 3. The van der Waals surface area contributed by atoms with Crippen molar-refractivity contribution >= 4 is 5.91 Å². The summed E-state index contributed by atoms with van der Waals surface area (Å²) in [5, 5.41) is 9.30. The molecule has 0 saturated carbocycles. The predicted molar refractivity (Wildman–Crippen MR) is 74.7 cm³/mol. The number of carbonyl (C=O) groups excluding carboxylic acids is 1. The molecule has 2 rings (SSSR count). The molecule has 1 N–H and O–H groups in total. The molecule has 0 aliphatic carbocycles. The van der Waals surface area contributed by atoms with E-state index in [1.807, 2.05) is 0 Å². The van der Waals surface area contributed by atoms with Crippen molar-refractivity contribution in [1.82, 2.24) is 9.80 Å². The minimum absolute atomic E-state index is 0.157. The first-order valence-electron chi connectivity index (χ1n) is 6.81. The van der Waals surface area contributed by atoms with Crippen molar-refractivity contribution in [3.05, 3.63) is 35.4 Å². The molecular formula is C15H22N2O2. The van der Waals surface area contributed by atoms with E-state index in [-0.39, 0.29) is 5.91 Å². The van der Waals surface area contributed by atoms with Gasteiger partial charge in [0.1, 0.15) is 6.10 Å². The molecule has 0 spiro atoms. The highest BCUT2D eigenvalue weighted by Crippen LogP contribution is 2.10. The number of aliphatic hydroxyl groups is 1. The second kappa shape index (κ2) is 6.17. The lowest BCUT2D eigenvalue weighted by Gasteiger charge is -2.35. The van der Waals surface area contributed by atoms with Gasteiger partial charge in [0, 0.05) is 32.7 Å². The zero-order valence-corrected chi connectivity index (χ0v) is 11.7. The van der Waals surface area contributed by atoms with Crippen molar-refractivity contribution < 1.29 is 9.90 Å². The number of nitrogens with zero attached hydrogens (tertiary/aromatic N) is 2. The number of rotatable bonds is 3. The molecule has 1 aromatic carbocycles. The number of amides is 1. The Morgan fingerprint density at radius 3 is 2.32 bits per heavy atom. The molecule has 1 atom stereocenters. The van der Waals surface area contributed by atoms with Gasteiger partial charge in [-0.2, -0.15) is 0 Å². The molecule has 0 bridgehead atoms. The van der Waals surface area contributed by atoms with E-state index in [4.69, 9.17) is 0 Å². The van der Waals surface area contributed by atoms with Crippen LogP contribution in [-0.4, -0.2) is 53.1 Å². The second-order valence-corrected chi connectivity index (χ2v) is 5.26. The van der Waals surface area contributed by atoms with Gasteiger partial charge in [0.15, 0.2) is 0 Å². The first-order valence-corrected chi connectivity index (χ1v) is 6.81. The molecule has 1 amide bonds. The van der Waals surface area contributed by atoms with Crippen LogP contribution in [0.15, 0.2) is 24.3 Å². The molecule has 0 aromatic heterocycles. The van der Waals surface area contributed by atoms with Crippen LogP contribution in [0.3, 0.4) is 0 Å². The topological polar surface area (TPSA) is 43.8 Å². The molecule has 4 nitrogen and oxygen atoms in total. The highest BCUT2D eigenvalue weighted by Gasteiger charge is 2.23. The third-order valence-electron chi connectivity index (χ3n) is 3.57. The van der Waals surface area contributed by atoms with Gasteiger partial charge in [-0.1, -0.05) is 29.8 Å². The van der Waals surface area contributed by atoms with E-state index < -0.39 is 6.10 Å². The molecule has 1 aliphatic rings. The summed E-state index contributed by atoms with van der Waals surface area (Å²) >= 11 is 0. The summed E-state index contributed by atoms with van der Waals surface area (Å²) in [5.41, 5.74) is 2.58. The molecule has 1 unspecified atom stereocenters. The number of hydrogen-bond donors (Lipinski definition) is 1. The van der Waals surface area contributed by atoms with Crippen LogP contribution < -0.4 is 0 Å².